The fraction of sp³-hybridized carbons (Fsp3) is 0.689. The number of nitrogens with one attached hydrogen (secondary N) is 3. The van der Waals surface area contributed by atoms with E-state index in [2.05, 4.69) is 49.8 Å². The van der Waals surface area contributed by atoms with Crippen LogP contribution in [0.5, 0.6) is 0 Å². The minimum Gasteiger partial charge on any atom is -0.383 e. The smallest absolute Gasteiger partial charge is 0.383 e. The number of aromatic nitrogens is 14. The fourth-order valence-corrected chi connectivity index (χ4v) is 23.1. The van der Waals surface area contributed by atoms with Gasteiger partial charge in [0.2, 0.25) is 17.8 Å². The molecule has 4 aliphatic heterocycles. The molecule has 60 nitrogen and oxygen atoms in total. The number of aromatic amines is 3. The minimum atomic E-state index is -5.20. The molecule has 7 aromatic rings. The lowest BCUT2D eigenvalue weighted by Gasteiger charge is -2.28. The maximum atomic E-state index is 13.7. The van der Waals surface area contributed by atoms with Gasteiger partial charge in [0, 0.05) is 32.6 Å². The summed E-state index contributed by atoms with van der Waals surface area (Å²) in [4.78, 5) is 183. The van der Waals surface area contributed by atoms with Gasteiger partial charge in [-0.25, -0.2) is 47.1 Å². The second-order valence-corrected chi connectivity index (χ2v) is 46.7. The summed E-state index contributed by atoms with van der Waals surface area (Å²) in [6.45, 7) is -14.0. The van der Waals surface area contributed by atoms with Gasteiger partial charge in [0.25, 0.3) is 16.7 Å². The molecule has 72 heteroatoms. The molecular formula is C61H99N18O42P9S3. The summed E-state index contributed by atoms with van der Waals surface area (Å²) in [5.74, 6) is -0.837. The summed E-state index contributed by atoms with van der Waals surface area (Å²) < 4.78 is 207. The number of phosphoric acid groups is 6. The van der Waals surface area contributed by atoms with Crippen molar-refractivity contribution in [3.63, 3.8) is 0 Å². The molecule has 11 heterocycles. The highest BCUT2D eigenvalue weighted by Crippen LogP contribution is 2.57. The van der Waals surface area contributed by atoms with Crippen LogP contribution in [-0.2, 0) is 168 Å². The summed E-state index contributed by atoms with van der Waals surface area (Å²) in [6.07, 6.45) is -13.0. The van der Waals surface area contributed by atoms with Crippen molar-refractivity contribution >= 4 is 160 Å². The Balaban J connectivity index is 0.575. The first-order valence-corrected chi connectivity index (χ1v) is 56.5. The zero-order valence-electron chi connectivity index (χ0n) is 70.6. The fourth-order valence-electron chi connectivity index (χ4n) is 13.3. The van der Waals surface area contributed by atoms with Crippen LogP contribution in [0.4, 0.5) is 23.7 Å². The van der Waals surface area contributed by atoms with E-state index in [0.29, 0.717) is 6.42 Å². The first kappa shape index (κ1) is 109. The molecule has 0 radical (unpaired) electrons. The molecule has 0 saturated carbocycles. The van der Waals surface area contributed by atoms with E-state index in [9.17, 15) is 90.6 Å². The molecule has 0 aromatic carbocycles. The molecule has 7 aromatic heterocycles. The third kappa shape index (κ3) is 31.8. The number of imidazole rings is 3. The monoisotopic (exact) mass is 2130 g/mol. The van der Waals surface area contributed by atoms with Crippen LogP contribution in [0.15, 0.2) is 50.4 Å². The molecule has 133 heavy (non-hydrogen) atoms. The standard InChI is InChI=1S/C61H99N18O42P9S3/c1-33(2)23-35-36(24-43(113-35)77-30-66-46-51(77)70-58(63)73-54(46)80)119-128(96,131)112-28-40-38(26-45(115-40)79-32-68-48-53(79)72-60(65)75-56(48)82)120-129(97,132)111-27-39-37(25-44(114-39)78-31-67-47-52(78)71-59(64)74-55(47)81)118-127(94,95)109-22-10-20-107-125(90,91)105-18-8-16-103-123(86,87)101-14-6-13-100-122(84,85)102-15-7-17-104-124(88,89)106-19-9-21-108-126(92,93)110-29-41-49(121-130(98,133)117-34(3)4)50(99-5)57(116-41)76-12-11-42(62)69-61(76)83/h11-12,30-41,43-45,49-50,57H,6-10,13-29H2,1-5H3,(H,84,85)(H,86,87)(H,88,89)(H,90,91)(H,92,93)(H,94,95)(H,96,131)(H,97,132)(H,98,133)(H2,62,69,83)(H3,63,70,73,80)(H3,64,71,74,81)(H3,65,72,75,82)/t35-,36-,37-,38-,39-,40-,41-,43-,44-,45-,49+,50?,57-,128?,129?,130?/m1/s1. The third-order valence-electron chi connectivity index (χ3n) is 18.8. The average molecular weight is 2130 g/mol. The first-order chi connectivity index (χ1) is 62.4. The highest BCUT2D eigenvalue weighted by atomic mass is 32.5. The zero-order valence-corrected chi connectivity index (χ0v) is 81.1. The molecular weight excluding hydrogens is 2030 g/mol. The quantitative estimate of drug-likeness (QED) is 0.0192. The number of phosphoric ester groups is 6. The van der Waals surface area contributed by atoms with Gasteiger partial charge in [0.1, 0.15) is 61.1 Å². The predicted molar refractivity (Wildman–Crippen MR) is 465 cm³/mol. The molecule has 20 N–H and O–H groups in total. The normalized spacial score (nSPS) is 26.1. The summed E-state index contributed by atoms with van der Waals surface area (Å²) in [5.41, 5.74) is 20.0. The highest BCUT2D eigenvalue weighted by molar-refractivity contribution is 8.07. The predicted octanol–water partition coefficient (Wildman–Crippen LogP) is 3.18. The van der Waals surface area contributed by atoms with Gasteiger partial charge in [-0.2, -0.15) is 19.9 Å². The Kier molecular flexibility index (Phi) is 38.1. The Bertz CT molecular complexity index is 5880. The van der Waals surface area contributed by atoms with E-state index in [0.717, 1.165) is 10.9 Å². The summed E-state index contributed by atoms with van der Waals surface area (Å²) in [7, 11) is -28.2. The Labute approximate surface area is 766 Å². The molecule has 0 spiro atoms. The van der Waals surface area contributed by atoms with Crippen molar-refractivity contribution < 1.29 is 177 Å². The van der Waals surface area contributed by atoms with Gasteiger partial charge in [0.05, 0.1) is 129 Å². The highest BCUT2D eigenvalue weighted by Gasteiger charge is 2.52. The van der Waals surface area contributed by atoms with Crippen molar-refractivity contribution in [1.29, 1.82) is 0 Å². The van der Waals surface area contributed by atoms with Crippen molar-refractivity contribution in [1.82, 2.24) is 68.1 Å². The van der Waals surface area contributed by atoms with Crippen LogP contribution in [-0.4, -0.2) is 266 Å². The number of ether oxygens (including phenoxy) is 5. The topological polar surface area (TPSA) is 826 Å². The molecule has 0 bridgehead atoms. The van der Waals surface area contributed by atoms with Crippen molar-refractivity contribution in [2.45, 2.75) is 171 Å². The number of H-pyrrole nitrogens is 3. The number of rotatable bonds is 56. The number of nitrogens with two attached hydrogens (primary N) is 4. The van der Waals surface area contributed by atoms with Gasteiger partial charge in [-0.1, -0.05) is 13.8 Å². The Morgan fingerprint density at radius 1 is 0.421 bits per heavy atom. The number of hydrogen-bond donors (Lipinski definition) is 16. The van der Waals surface area contributed by atoms with E-state index in [1.807, 2.05) is 13.8 Å². The van der Waals surface area contributed by atoms with Crippen LogP contribution in [0.1, 0.15) is 110 Å². The van der Waals surface area contributed by atoms with Crippen LogP contribution >= 0.6 is 67.1 Å². The SMILES string of the molecule is COC1[C@@H](OP(O)(=S)OC(C)C)[C@@H](COP(=O)(O)OCCCOP(=O)(O)OCCCOP(=O)(O)OCCCOP(=O)(O)OCCCOP(=O)(O)OCCCOP(=O)(O)O[C@@H]2C[C@H](n3cnc4c(=O)[nH]c(N)nc43)O[C@@H]2COP(O)(=S)O[C@@H]2C[C@H](n3cnc4c(=O)[nH]c(N)nc43)O[C@@H]2COP(O)(=S)O[C@@H]2C[C@H](n3cnc4c(=O)[nH]c(N)nc43)O[C@@H]2CC(C)C)O[C@H]1n1ccc(N)nc1=O. The Morgan fingerprint density at radius 2 is 0.752 bits per heavy atom. The van der Waals surface area contributed by atoms with E-state index < -0.39 is 261 Å². The Hall–Kier alpha value is -4.82. The van der Waals surface area contributed by atoms with E-state index in [-0.39, 0.29) is 114 Å². The van der Waals surface area contributed by atoms with Crippen molar-refractivity contribution in [2.75, 3.05) is 116 Å². The molecule has 0 amide bonds. The van der Waals surface area contributed by atoms with E-state index in [1.165, 1.54) is 45.7 Å². The maximum absolute atomic E-state index is 13.7. The van der Waals surface area contributed by atoms with E-state index in [1.54, 1.807) is 13.8 Å². The molecule has 0 aliphatic carbocycles. The molecule has 748 valence electrons. The second-order valence-electron chi connectivity index (χ2n) is 29.7. The van der Waals surface area contributed by atoms with Crippen LogP contribution in [0.3, 0.4) is 0 Å². The summed E-state index contributed by atoms with van der Waals surface area (Å²) in [5, 5.41) is 0. The van der Waals surface area contributed by atoms with E-state index >= 15 is 0 Å². The van der Waals surface area contributed by atoms with E-state index in [4.69, 9.17) is 163 Å². The zero-order chi connectivity index (χ0) is 97.0. The maximum Gasteiger partial charge on any atom is 0.472 e. The van der Waals surface area contributed by atoms with Crippen molar-refractivity contribution in [3.8, 4) is 0 Å². The largest absolute Gasteiger partial charge is 0.472 e. The lowest BCUT2D eigenvalue weighted by molar-refractivity contribution is -0.0625. The second kappa shape index (κ2) is 46.7. The molecule has 4 saturated heterocycles. The number of nitrogen functional groups attached to an aromatic ring is 4. The lowest BCUT2D eigenvalue weighted by Crippen LogP contribution is -2.39. The average Bonchev–Trinajstić information content (AvgIpc) is 1.64. The van der Waals surface area contributed by atoms with Gasteiger partial charge in [-0.15, -0.1) is 0 Å². The molecule has 22 atom stereocenters. The van der Waals surface area contributed by atoms with Crippen LogP contribution in [0.2, 0.25) is 0 Å². The lowest BCUT2D eigenvalue weighted by atomic mass is 10.0. The van der Waals surface area contributed by atoms with Crippen LogP contribution in [0.25, 0.3) is 33.5 Å². The number of methoxy groups -OCH3 is 1. The molecule has 4 fully saturated rings. The van der Waals surface area contributed by atoms with Crippen molar-refractivity contribution in [2.24, 2.45) is 5.92 Å². The number of hydrogen-bond acceptors (Lipinski definition) is 47. The minimum absolute atomic E-state index is 0.00968. The number of nitrogens with zero attached hydrogens (tertiary/aromatic N) is 11. The number of fused-ring (bicyclic) bond motifs is 3. The first-order valence-electron chi connectivity index (χ1n) is 39.8. The molecule has 11 rings (SSSR count). The van der Waals surface area contributed by atoms with Gasteiger partial charge in [-0.3, -0.25) is 106 Å². The van der Waals surface area contributed by atoms with Gasteiger partial charge >= 0.3 is 72.8 Å². The van der Waals surface area contributed by atoms with Gasteiger partial charge < -0.3 is 113 Å². The Morgan fingerprint density at radius 3 is 1.10 bits per heavy atom. The van der Waals surface area contributed by atoms with Crippen LogP contribution in [0, 0.1) is 5.92 Å². The van der Waals surface area contributed by atoms with Gasteiger partial charge in [-0.05, 0) is 99.8 Å². The third-order valence-corrected chi connectivity index (χ3v) is 29.8. The molecule has 10 unspecified atom stereocenters. The number of anilines is 4. The van der Waals surface area contributed by atoms with Gasteiger partial charge in [0.15, 0.2) is 39.7 Å². The van der Waals surface area contributed by atoms with Crippen molar-refractivity contribution in [3.05, 3.63) is 72.8 Å². The van der Waals surface area contributed by atoms with Crippen LogP contribution < -0.4 is 45.3 Å². The summed E-state index contributed by atoms with van der Waals surface area (Å²) >= 11 is 16.2. The summed E-state index contributed by atoms with van der Waals surface area (Å²) in [6, 6.07) is 1.29. The molecule has 4 aliphatic rings.